The third kappa shape index (κ3) is 2.74. The minimum absolute atomic E-state index is 0.00924. The molecule has 0 aliphatic rings. The van der Waals surface area contributed by atoms with Crippen molar-refractivity contribution in [2.45, 2.75) is 33.1 Å². The van der Waals surface area contributed by atoms with Crippen LogP contribution in [0.3, 0.4) is 0 Å². The van der Waals surface area contributed by atoms with Crippen molar-refractivity contribution in [3.05, 3.63) is 35.5 Å². The van der Waals surface area contributed by atoms with Crippen molar-refractivity contribution in [3.8, 4) is 17.0 Å². The lowest BCUT2D eigenvalue weighted by atomic mass is 9.83. The molecule has 1 aromatic carbocycles. The Morgan fingerprint density at radius 2 is 1.90 bits per heavy atom. The Morgan fingerprint density at radius 1 is 1.20 bits per heavy atom. The maximum Gasteiger partial charge on any atom is 0.220 e. The molecule has 2 rings (SSSR count). The second kappa shape index (κ2) is 5.12. The van der Waals surface area contributed by atoms with E-state index >= 15 is 0 Å². The molecule has 2 N–H and O–H groups in total. The summed E-state index contributed by atoms with van der Waals surface area (Å²) in [7, 11) is 1.69. The summed E-state index contributed by atoms with van der Waals surface area (Å²) in [5, 5.41) is 0. The maximum atomic E-state index is 5.69. The maximum absolute atomic E-state index is 5.69. The summed E-state index contributed by atoms with van der Waals surface area (Å²) in [6, 6.07) is 6.07. The molecule has 1 aromatic heterocycles. The van der Waals surface area contributed by atoms with Crippen molar-refractivity contribution < 1.29 is 4.74 Å². The summed E-state index contributed by atoms with van der Waals surface area (Å²) in [6.45, 7) is 8.58. The fourth-order valence-electron chi connectivity index (χ4n) is 2.26. The predicted molar refractivity (Wildman–Crippen MR) is 81.9 cm³/mol. The van der Waals surface area contributed by atoms with E-state index in [0.29, 0.717) is 0 Å². The lowest BCUT2D eigenvalue weighted by Crippen LogP contribution is -2.14. The molecule has 4 nitrogen and oxygen atoms in total. The van der Waals surface area contributed by atoms with E-state index in [9.17, 15) is 0 Å². The Labute approximate surface area is 120 Å². The molecule has 0 amide bonds. The quantitative estimate of drug-likeness (QED) is 0.910. The molecule has 1 heterocycles. The fourth-order valence-corrected chi connectivity index (χ4v) is 2.26. The van der Waals surface area contributed by atoms with Gasteiger partial charge in [0, 0.05) is 17.3 Å². The van der Waals surface area contributed by atoms with E-state index in [-0.39, 0.29) is 11.4 Å². The molecule has 0 aliphatic carbocycles. The first-order chi connectivity index (χ1) is 9.32. The molecule has 0 aliphatic heterocycles. The number of methoxy groups -OCH3 is 1. The number of ether oxygens (including phenoxy) is 1. The highest BCUT2D eigenvalue weighted by Gasteiger charge is 2.22. The number of benzene rings is 1. The van der Waals surface area contributed by atoms with Gasteiger partial charge in [-0.05, 0) is 30.0 Å². The number of hydrogen-bond acceptors (Lipinski definition) is 4. The van der Waals surface area contributed by atoms with Gasteiger partial charge in [-0.1, -0.05) is 26.8 Å². The largest absolute Gasteiger partial charge is 0.496 e. The minimum Gasteiger partial charge on any atom is -0.496 e. The second-order valence-electron chi connectivity index (χ2n) is 5.94. The van der Waals surface area contributed by atoms with Crippen molar-refractivity contribution in [3.63, 3.8) is 0 Å². The number of anilines is 1. The molecule has 0 fully saturated rings. The van der Waals surface area contributed by atoms with Crippen LogP contribution in [0, 0.1) is 6.92 Å². The minimum atomic E-state index is -0.00924. The van der Waals surface area contributed by atoms with Gasteiger partial charge in [0.2, 0.25) is 5.95 Å². The van der Waals surface area contributed by atoms with E-state index in [0.717, 1.165) is 22.6 Å². The van der Waals surface area contributed by atoms with Crippen LogP contribution in [0.2, 0.25) is 0 Å². The smallest absolute Gasteiger partial charge is 0.220 e. The lowest BCUT2D eigenvalue weighted by Gasteiger charge is -2.24. The Balaban J connectivity index is 2.73. The van der Waals surface area contributed by atoms with Crippen LogP contribution in [0.25, 0.3) is 11.3 Å². The molecule has 0 bridgehead atoms. The van der Waals surface area contributed by atoms with Gasteiger partial charge < -0.3 is 10.5 Å². The zero-order valence-corrected chi connectivity index (χ0v) is 12.7. The molecule has 0 radical (unpaired) electrons. The molecule has 4 heteroatoms. The zero-order valence-electron chi connectivity index (χ0n) is 12.7. The van der Waals surface area contributed by atoms with Crippen LogP contribution in [0.5, 0.6) is 5.75 Å². The Bertz CT molecular complexity index is 630. The van der Waals surface area contributed by atoms with Crippen LogP contribution in [0.15, 0.2) is 24.4 Å². The zero-order chi connectivity index (χ0) is 14.9. The first-order valence-electron chi connectivity index (χ1n) is 6.61. The van der Waals surface area contributed by atoms with E-state index in [1.54, 1.807) is 13.3 Å². The molecular weight excluding hydrogens is 250 g/mol. The van der Waals surface area contributed by atoms with Crippen molar-refractivity contribution >= 4 is 5.95 Å². The van der Waals surface area contributed by atoms with Crippen LogP contribution < -0.4 is 10.5 Å². The van der Waals surface area contributed by atoms with Crippen LogP contribution >= 0.6 is 0 Å². The monoisotopic (exact) mass is 271 g/mol. The van der Waals surface area contributed by atoms with E-state index in [2.05, 4.69) is 49.8 Å². The molecule has 0 atom stereocenters. The van der Waals surface area contributed by atoms with Gasteiger partial charge in [0.05, 0.1) is 12.8 Å². The van der Waals surface area contributed by atoms with Crippen LogP contribution in [0.4, 0.5) is 5.95 Å². The predicted octanol–water partition coefficient (Wildman–Crippen LogP) is 3.34. The summed E-state index contributed by atoms with van der Waals surface area (Å²) in [4.78, 5) is 8.24. The highest BCUT2D eigenvalue weighted by atomic mass is 16.5. The average molecular weight is 271 g/mol. The number of aryl methyl sites for hydroxylation is 1. The van der Waals surface area contributed by atoms with Crippen molar-refractivity contribution in [2.24, 2.45) is 0 Å². The molecule has 2 aromatic rings. The van der Waals surface area contributed by atoms with Crippen LogP contribution in [-0.4, -0.2) is 17.1 Å². The first kappa shape index (κ1) is 14.3. The average Bonchev–Trinajstić information content (AvgIpc) is 2.36. The van der Waals surface area contributed by atoms with E-state index in [4.69, 9.17) is 10.5 Å². The third-order valence-corrected chi connectivity index (χ3v) is 3.20. The number of nitrogens with two attached hydrogens (primary N) is 1. The lowest BCUT2D eigenvalue weighted by molar-refractivity contribution is 0.399. The van der Waals surface area contributed by atoms with Gasteiger partial charge in [0.25, 0.3) is 0 Å². The van der Waals surface area contributed by atoms with Gasteiger partial charge in [0.1, 0.15) is 5.75 Å². The van der Waals surface area contributed by atoms with Gasteiger partial charge in [-0.2, -0.15) is 0 Å². The SMILES string of the molecule is COc1c(-c2ccnc(N)n2)cc(C)cc1C(C)(C)C. The molecular formula is C16H21N3O. The summed E-state index contributed by atoms with van der Waals surface area (Å²) in [5.74, 6) is 1.12. The van der Waals surface area contributed by atoms with Crippen molar-refractivity contribution in [1.29, 1.82) is 0 Å². The molecule has 0 saturated carbocycles. The van der Waals surface area contributed by atoms with Crippen LogP contribution in [0.1, 0.15) is 31.9 Å². The topological polar surface area (TPSA) is 61.0 Å². The highest BCUT2D eigenvalue weighted by Crippen LogP contribution is 2.39. The summed E-state index contributed by atoms with van der Waals surface area (Å²) in [5.41, 5.74) is 9.74. The third-order valence-electron chi connectivity index (χ3n) is 3.20. The number of rotatable bonds is 2. The van der Waals surface area contributed by atoms with E-state index < -0.39 is 0 Å². The van der Waals surface area contributed by atoms with E-state index in [1.165, 1.54) is 5.56 Å². The highest BCUT2D eigenvalue weighted by molar-refractivity contribution is 5.71. The molecule has 0 spiro atoms. The normalized spacial score (nSPS) is 11.4. The van der Waals surface area contributed by atoms with Crippen molar-refractivity contribution in [1.82, 2.24) is 9.97 Å². The van der Waals surface area contributed by atoms with E-state index in [1.807, 2.05) is 6.07 Å². The first-order valence-corrected chi connectivity index (χ1v) is 6.61. The second-order valence-corrected chi connectivity index (χ2v) is 5.94. The summed E-state index contributed by atoms with van der Waals surface area (Å²) < 4.78 is 5.65. The molecule has 106 valence electrons. The van der Waals surface area contributed by atoms with Gasteiger partial charge in [0.15, 0.2) is 0 Å². The van der Waals surface area contributed by atoms with Crippen LogP contribution in [-0.2, 0) is 5.41 Å². The Hall–Kier alpha value is -2.10. The molecule has 0 saturated heterocycles. The standard InChI is InChI=1S/C16H21N3O/c1-10-8-11(13-6-7-18-15(17)19-13)14(20-5)12(9-10)16(2,3)4/h6-9H,1-5H3,(H2,17,18,19). The summed E-state index contributed by atoms with van der Waals surface area (Å²) >= 11 is 0. The van der Waals surface area contributed by atoms with Gasteiger partial charge in [-0.25, -0.2) is 9.97 Å². The van der Waals surface area contributed by atoms with Gasteiger partial charge in [-0.15, -0.1) is 0 Å². The number of nitrogens with zero attached hydrogens (tertiary/aromatic N) is 2. The van der Waals surface area contributed by atoms with Crippen molar-refractivity contribution in [2.75, 3.05) is 12.8 Å². The molecule has 20 heavy (non-hydrogen) atoms. The summed E-state index contributed by atoms with van der Waals surface area (Å²) in [6.07, 6.45) is 1.66. The van der Waals surface area contributed by atoms with Gasteiger partial charge >= 0.3 is 0 Å². The fraction of sp³-hybridized carbons (Fsp3) is 0.375. The number of nitrogen functional groups attached to an aromatic ring is 1. The Morgan fingerprint density at radius 3 is 2.45 bits per heavy atom. The van der Waals surface area contributed by atoms with Gasteiger partial charge in [-0.3, -0.25) is 0 Å². The number of hydrogen-bond donors (Lipinski definition) is 1. The Kier molecular flexibility index (Phi) is 3.66. The molecule has 0 unspecified atom stereocenters. The number of aromatic nitrogens is 2.